The van der Waals surface area contributed by atoms with E-state index >= 15 is 0 Å². The van der Waals surface area contributed by atoms with Gasteiger partial charge in [-0.15, -0.1) is 11.8 Å². The van der Waals surface area contributed by atoms with Crippen molar-refractivity contribution in [3.05, 3.63) is 29.0 Å². The van der Waals surface area contributed by atoms with Gasteiger partial charge >= 0.3 is 0 Å². The van der Waals surface area contributed by atoms with E-state index in [1.165, 1.54) is 6.20 Å². The zero-order chi connectivity index (χ0) is 16.8. The number of carbonyl (C=O) groups is 2. The molecule has 0 radical (unpaired) electrons. The number of halogens is 1. The molecule has 0 spiro atoms. The quantitative estimate of drug-likeness (QED) is 0.832. The highest BCUT2D eigenvalue weighted by atomic mass is 35.5. The van der Waals surface area contributed by atoms with Crippen LogP contribution in [-0.4, -0.2) is 63.8 Å². The van der Waals surface area contributed by atoms with Crippen LogP contribution in [0.25, 0.3) is 0 Å². The number of aromatic nitrogens is 1. The fourth-order valence-electron chi connectivity index (χ4n) is 2.36. The highest BCUT2D eigenvalue weighted by molar-refractivity contribution is 8.00. The summed E-state index contributed by atoms with van der Waals surface area (Å²) in [6, 6.07) is 3.30. The molecule has 2 amide bonds. The number of rotatable bonds is 4. The Kier molecular flexibility index (Phi) is 6.72. The van der Waals surface area contributed by atoms with E-state index in [0.29, 0.717) is 47.9 Å². The number of nitrogens with zero attached hydrogens (tertiary/aromatic N) is 3. The zero-order valence-corrected chi connectivity index (χ0v) is 15.1. The van der Waals surface area contributed by atoms with Gasteiger partial charge in [0.15, 0.2) is 0 Å². The normalized spacial score (nSPS) is 15.7. The van der Waals surface area contributed by atoms with Crippen LogP contribution in [0.4, 0.5) is 0 Å². The summed E-state index contributed by atoms with van der Waals surface area (Å²) in [5.74, 6) is 0.555. The number of carbonyl (C=O) groups excluding carboxylic acids is 2. The molecule has 1 aliphatic heterocycles. The lowest BCUT2D eigenvalue weighted by molar-refractivity contribution is -0.128. The summed E-state index contributed by atoms with van der Waals surface area (Å²) >= 11 is 7.45. The Hall–Kier alpha value is -1.27. The fraction of sp³-hybridized carbons (Fsp3) is 0.562. The molecular weight excluding hydrogens is 334 g/mol. The Morgan fingerprint density at radius 2 is 1.91 bits per heavy atom. The van der Waals surface area contributed by atoms with Gasteiger partial charge in [-0.25, -0.2) is 4.98 Å². The predicted octanol–water partition coefficient (Wildman–Crippen LogP) is 2.55. The minimum Gasteiger partial charge on any atom is -0.340 e. The molecule has 1 aliphatic rings. The number of hydrogen-bond acceptors (Lipinski definition) is 4. The number of amides is 2. The molecule has 23 heavy (non-hydrogen) atoms. The minimum absolute atomic E-state index is 0.104. The lowest BCUT2D eigenvalue weighted by Crippen LogP contribution is -2.38. The van der Waals surface area contributed by atoms with Crippen LogP contribution in [0, 0.1) is 0 Å². The second kappa shape index (κ2) is 8.55. The third kappa shape index (κ3) is 5.39. The molecule has 2 heterocycles. The maximum atomic E-state index is 12.5. The molecule has 0 unspecified atom stereocenters. The monoisotopic (exact) mass is 355 g/mol. The Balaban J connectivity index is 1.91. The molecule has 1 saturated heterocycles. The topological polar surface area (TPSA) is 53.5 Å². The summed E-state index contributed by atoms with van der Waals surface area (Å²) in [6.07, 6.45) is 2.27. The Morgan fingerprint density at radius 3 is 2.57 bits per heavy atom. The SMILES string of the molecule is CC(C)SCC(=O)N1CCCN(C(=O)c2ccc(Cl)cn2)CC1. The largest absolute Gasteiger partial charge is 0.340 e. The molecule has 0 atom stereocenters. The molecule has 126 valence electrons. The maximum Gasteiger partial charge on any atom is 0.272 e. The van der Waals surface area contributed by atoms with Crippen molar-refractivity contribution in [2.24, 2.45) is 0 Å². The van der Waals surface area contributed by atoms with Gasteiger partial charge in [-0.1, -0.05) is 25.4 Å². The van der Waals surface area contributed by atoms with Crippen LogP contribution >= 0.6 is 23.4 Å². The van der Waals surface area contributed by atoms with Gasteiger partial charge in [0.1, 0.15) is 5.69 Å². The maximum absolute atomic E-state index is 12.5. The van der Waals surface area contributed by atoms with Gasteiger partial charge in [0, 0.05) is 32.4 Å². The molecule has 1 fully saturated rings. The molecule has 7 heteroatoms. The van der Waals surface area contributed by atoms with E-state index in [-0.39, 0.29) is 11.8 Å². The van der Waals surface area contributed by atoms with Crippen LogP contribution in [-0.2, 0) is 4.79 Å². The molecule has 0 aliphatic carbocycles. The number of pyridine rings is 1. The second-order valence-corrected chi connectivity index (χ2v) is 7.75. The fourth-order valence-corrected chi connectivity index (χ4v) is 3.13. The van der Waals surface area contributed by atoms with Crippen molar-refractivity contribution < 1.29 is 9.59 Å². The van der Waals surface area contributed by atoms with Gasteiger partial charge < -0.3 is 9.80 Å². The lowest BCUT2D eigenvalue weighted by Gasteiger charge is -2.22. The Bertz CT molecular complexity index is 551. The molecule has 1 aromatic rings. The van der Waals surface area contributed by atoms with Crippen molar-refractivity contribution in [2.45, 2.75) is 25.5 Å². The average molecular weight is 356 g/mol. The van der Waals surface area contributed by atoms with Gasteiger partial charge in [0.05, 0.1) is 10.8 Å². The van der Waals surface area contributed by atoms with E-state index in [9.17, 15) is 9.59 Å². The van der Waals surface area contributed by atoms with Crippen LogP contribution in [0.1, 0.15) is 30.8 Å². The molecule has 1 aromatic heterocycles. The van der Waals surface area contributed by atoms with Gasteiger partial charge in [-0.2, -0.15) is 0 Å². The van der Waals surface area contributed by atoms with Gasteiger partial charge in [0.25, 0.3) is 5.91 Å². The molecule has 0 saturated carbocycles. The summed E-state index contributed by atoms with van der Waals surface area (Å²) in [5, 5.41) is 0.955. The Morgan fingerprint density at radius 1 is 1.22 bits per heavy atom. The van der Waals surface area contributed by atoms with E-state index in [4.69, 9.17) is 11.6 Å². The van der Waals surface area contributed by atoms with Crippen LogP contribution in [0.5, 0.6) is 0 Å². The van der Waals surface area contributed by atoms with E-state index < -0.39 is 0 Å². The van der Waals surface area contributed by atoms with Gasteiger partial charge in [0.2, 0.25) is 5.91 Å². The number of hydrogen-bond donors (Lipinski definition) is 0. The van der Waals surface area contributed by atoms with Crippen LogP contribution in [0.3, 0.4) is 0 Å². The third-order valence-electron chi connectivity index (χ3n) is 3.62. The van der Waals surface area contributed by atoms with Crippen molar-refractivity contribution >= 4 is 35.2 Å². The van der Waals surface area contributed by atoms with Crippen molar-refractivity contribution in [2.75, 3.05) is 31.9 Å². The van der Waals surface area contributed by atoms with Gasteiger partial charge in [-0.05, 0) is 23.8 Å². The zero-order valence-electron chi connectivity index (χ0n) is 13.5. The van der Waals surface area contributed by atoms with E-state index in [0.717, 1.165) is 6.42 Å². The average Bonchev–Trinajstić information content (AvgIpc) is 2.78. The summed E-state index contributed by atoms with van der Waals surface area (Å²) in [6.45, 7) is 6.64. The van der Waals surface area contributed by atoms with Crippen molar-refractivity contribution in [3.63, 3.8) is 0 Å². The third-order valence-corrected chi connectivity index (χ3v) is 4.93. The van der Waals surface area contributed by atoms with Crippen LogP contribution in [0.2, 0.25) is 5.02 Å². The minimum atomic E-state index is -0.104. The van der Waals surface area contributed by atoms with Crippen molar-refractivity contribution in [3.8, 4) is 0 Å². The number of thioether (sulfide) groups is 1. The first kappa shape index (κ1) is 18.1. The standard InChI is InChI=1S/C16H22ClN3O2S/c1-12(2)23-11-15(21)19-6-3-7-20(9-8-19)16(22)14-5-4-13(17)10-18-14/h4-5,10,12H,3,6-9,11H2,1-2H3. The Labute approximate surface area is 146 Å². The highest BCUT2D eigenvalue weighted by Gasteiger charge is 2.23. The summed E-state index contributed by atoms with van der Waals surface area (Å²) < 4.78 is 0. The first-order valence-electron chi connectivity index (χ1n) is 7.77. The first-order chi connectivity index (χ1) is 11.0. The predicted molar refractivity (Wildman–Crippen MR) is 93.9 cm³/mol. The molecule has 2 rings (SSSR count). The van der Waals surface area contributed by atoms with Crippen LogP contribution < -0.4 is 0 Å². The van der Waals surface area contributed by atoms with E-state index in [1.54, 1.807) is 28.8 Å². The molecule has 0 N–H and O–H groups in total. The summed E-state index contributed by atoms with van der Waals surface area (Å²) in [5.41, 5.74) is 0.393. The molecule has 0 bridgehead atoms. The second-order valence-electron chi connectivity index (χ2n) is 5.75. The molecule has 5 nitrogen and oxygen atoms in total. The van der Waals surface area contributed by atoms with Crippen molar-refractivity contribution in [1.82, 2.24) is 14.8 Å². The highest BCUT2D eigenvalue weighted by Crippen LogP contribution is 2.13. The smallest absolute Gasteiger partial charge is 0.272 e. The van der Waals surface area contributed by atoms with Crippen molar-refractivity contribution in [1.29, 1.82) is 0 Å². The first-order valence-corrected chi connectivity index (χ1v) is 9.20. The lowest BCUT2D eigenvalue weighted by atomic mass is 10.3. The van der Waals surface area contributed by atoms with Crippen LogP contribution in [0.15, 0.2) is 18.3 Å². The molecular formula is C16H22ClN3O2S. The molecule has 0 aromatic carbocycles. The summed E-state index contributed by atoms with van der Waals surface area (Å²) in [4.78, 5) is 32.4. The van der Waals surface area contributed by atoms with Gasteiger partial charge in [-0.3, -0.25) is 9.59 Å². The van der Waals surface area contributed by atoms with E-state index in [2.05, 4.69) is 18.8 Å². The summed E-state index contributed by atoms with van der Waals surface area (Å²) in [7, 11) is 0. The van der Waals surface area contributed by atoms with E-state index in [1.807, 2.05) is 4.90 Å².